The molecule has 0 heterocycles. The number of hydrogen-bond acceptors (Lipinski definition) is 3. The van der Waals surface area contributed by atoms with Crippen molar-refractivity contribution in [2.24, 2.45) is 0 Å². The van der Waals surface area contributed by atoms with Gasteiger partial charge in [-0.25, -0.2) is 0 Å². The van der Waals surface area contributed by atoms with Crippen LogP contribution < -0.4 is 18.4 Å². The molecule has 0 saturated carbocycles. The Bertz CT molecular complexity index is 15.5. The monoisotopic (exact) mass is 204 g/mol. The fourth-order valence-corrected chi connectivity index (χ4v) is 0. The van der Waals surface area contributed by atoms with Crippen LogP contribution in [0.25, 0.3) is 0 Å². The second-order valence-electron chi connectivity index (χ2n) is 0.224. The van der Waals surface area contributed by atoms with Gasteiger partial charge in [0.25, 0.3) is 0 Å². The van der Waals surface area contributed by atoms with E-state index in [1.807, 2.05) is 0 Å². The van der Waals surface area contributed by atoms with E-state index in [0.29, 0.717) is 0 Å². The summed E-state index contributed by atoms with van der Waals surface area (Å²) in [4.78, 5) is 0. The minimum atomic E-state index is -3.94. The summed E-state index contributed by atoms with van der Waals surface area (Å²) < 4.78 is 25.7. The van der Waals surface area contributed by atoms with Gasteiger partial charge in [0.1, 0.15) is 0 Å². The van der Waals surface area contributed by atoms with Crippen molar-refractivity contribution in [2.75, 3.05) is 0 Å². The van der Waals surface area contributed by atoms with Gasteiger partial charge < -0.3 is 6.15 Å². The summed E-state index contributed by atoms with van der Waals surface area (Å²) in [5, 5.41) is 0. The first-order chi connectivity index (χ1) is 1.73. The van der Waals surface area contributed by atoms with E-state index in [1.54, 1.807) is 0 Å². The van der Waals surface area contributed by atoms with Crippen molar-refractivity contribution in [3.05, 3.63) is 0 Å². The van der Waals surface area contributed by atoms with Gasteiger partial charge >= 0.3 is 45.0 Å². The Labute approximate surface area is 51.6 Å². The Morgan fingerprint density at radius 3 is 1.00 bits per heavy atom. The summed E-state index contributed by atoms with van der Waals surface area (Å²) in [5.41, 5.74) is 0. The number of hydrogen-bond donors (Lipinski definition) is 1. The van der Waals surface area contributed by atoms with Crippen LogP contribution in [0.5, 0.6) is 0 Å². The molecule has 0 aromatic carbocycles. The summed E-state index contributed by atoms with van der Waals surface area (Å²) in [5.74, 6) is 0. The molecule has 0 fully saturated rings. The summed E-state index contributed by atoms with van der Waals surface area (Å²) in [6.45, 7) is 0. The molecule has 4 nitrogen and oxygen atoms in total. The molecule has 0 aliphatic heterocycles. The second kappa shape index (κ2) is 9.32. The molecule has 4 N–H and O–H groups in total. The van der Waals surface area contributed by atoms with E-state index in [0.717, 1.165) is 0 Å². The molecule has 0 aromatic heterocycles. The van der Waals surface area contributed by atoms with Crippen LogP contribution in [0.15, 0.2) is 0 Å². The third kappa shape index (κ3) is 89.6. The Morgan fingerprint density at radius 1 is 1.00 bits per heavy atom. The van der Waals surface area contributed by atoms with Gasteiger partial charge in [0.05, 0.1) is 0 Å². The van der Waals surface area contributed by atoms with E-state index >= 15 is 0 Å². The Hall–Kier alpha value is 0.918. The van der Waals surface area contributed by atoms with Gasteiger partial charge in [0.2, 0.25) is 0 Å². The average Bonchev–Trinajstić information content (AvgIpc) is 0.811. The molecule has 1 radical (unpaired) electrons. The van der Waals surface area contributed by atoms with E-state index in [2.05, 4.69) is 0 Å². The van der Waals surface area contributed by atoms with Crippen LogP contribution in [0.2, 0.25) is 0 Å². The van der Waals surface area contributed by atoms with Crippen LogP contribution >= 0.6 is 0 Å². The Balaban J connectivity index is -0.0000000450. The van der Waals surface area contributed by atoms with Crippen molar-refractivity contribution in [3.8, 4) is 0 Å². The van der Waals surface area contributed by atoms with Crippen molar-refractivity contribution in [2.45, 2.75) is 0 Å². The van der Waals surface area contributed by atoms with Crippen LogP contribution in [0, 0.1) is 0 Å². The molecule has 0 aliphatic carbocycles. The molecule has 0 saturated heterocycles. The molecule has 0 atom stereocenters. The first-order valence-electron chi connectivity index (χ1n) is 0.548. The molecular formula is H4AsCuNO3. The third-order valence-electron chi connectivity index (χ3n) is 0. The normalized spacial score (nSPS) is 6.00. The fourth-order valence-electron chi connectivity index (χ4n) is 0. The SMILES string of the molecule is [Cu+2].[NH4+].[O-][As]([O-])[O-]. The maximum absolute atomic E-state index is 8.56. The standard InChI is InChI=1S/AsO3.Cu.H3N/c2-1(3)4;;/h;;1H3/q-3;+2;/p+1. The zero-order valence-electron chi connectivity index (χ0n) is 2.97. The van der Waals surface area contributed by atoms with E-state index in [-0.39, 0.29) is 23.2 Å². The maximum atomic E-state index is 8.56. The molecule has 0 rings (SSSR count). The van der Waals surface area contributed by atoms with Crippen molar-refractivity contribution < 1.29 is 29.4 Å². The van der Waals surface area contributed by atoms with E-state index in [4.69, 9.17) is 12.3 Å². The van der Waals surface area contributed by atoms with Crippen molar-refractivity contribution in [1.29, 1.82) is 0 Å². The molecule has 6 heteroatoms. The summed E-state index contributed by atoms with van der Waals surface area (Å²) in [7, 11) is 0. The van der Waals surface area contributed by atoms with Crippen molar-refractivity contribution in [3.63, 3.8) is 0 Å². The average molecular weight is 205 g/mol. The number of quaternary nitrogens is 1. The first kappa shape index (κ1) is 15.8. The van der Waals surface area contributed by atoms with Crippen molar-refractivity contribution >= 4 is 15.7 Å². The van der Waals surface area contributed by atoms with Gasteiger partial charge in [-0.1, -0.05) is 0 Å². The quantitative estimate of drug-likeness (QED) is 0.413. The van der Waals surface area contributed by atoms with Crippen LogP contribution in [0.3, 0.4) is 0 Å². The summed E-state index contributed by atoms with van der Waals surface area (Å²) in [6, 6.07) is 0. The third-order valence-corrected chi connectivity index (χ3v) is 0. The van der Waals surface area contributed by atoms with Gasteiger partial charge in [-0.2, -0.15) is 0 Å². The topological polar surface area (TPSA) is 106 Å². The van der Waals surface area contributed by atoms with Gasteiger partial charge in [-0.15, -0.1) is 0 Å². The van der Waals surface area contributed by atoms with Gasteiger partial charge in [0, 0.05) is 0 Å². The minimum absolute atomic E-state index is 0. The zero-order chi connectivity index (χ0) is 3.58. The second-order valence-corrected chi connectivity index (χ2v) is 1.16. The van der Waals surface area contributed by atoms with Crippen LogP contribution in [0.4, 0.5) is 0 Å². The van der Waals surface area contributed by atoms with Crippen LogP contribution in [0.1, 0.15) is 0 Å². The molecule has 0 spiro atoms. The molecule has 0 bridgehead atoms. The van der Waals surface area contributed by atoms with E-state index in [1.165, 1.54) is 0 Å². The first-order valence-corrected chi connectivity index (χ1v) is 2.85. The van der Waals surface area contributed by atoms with E-state index in [9.17, 15) is 0 Å². The Morgan fingerprint density at radius 2 is 1.00 bits per heavy atom. The Kier molecular flexibility index (Phi) is 24.5. The van der Waals surface area contributed by atoms with Crippen LogP contribution in [-0.4, -0.2) is 15.7 Å². The van der Waals surface area contributed by atoms with Gasteiger partial charge in [-0.05, 0) is 0 Å². The van der Waals surface area contributed by atoms with Crippen molar-refractivity contribution in [1.82, 2.24) is 6.15 Å². The zero-order valence-corrected chi connectivity index (χ0v) is 5.79. The van der Waals surface area contributed by atoms with Crippen LogP contribution in [-0.2, 0) is 17.1 Å². The summed E-state index contributed by atoms with van der Waals surface area (Å²) in [6.07, 6.45) is 0. The fraction of sp³-hybridized carbons (Fsp3) is 0. The van der Waals surface area contributed by atoms with Gasteiger partial charge in [0.15, 0.2) is 0 Å². The molecule has 43 valence electrons. The number of rotatable bonds is 0. The molecule has 0 aliphatic rings. The predicted octanol–water partition coefficient (Wildman–Crippen LogP) is -3.57. The molecular weight excluding hydrogens is 200 g/mol. The van der Waals surface area contributed by atoms with Gasteiger partial charge in [-0.3, -0.25) is 0 Å². The predicted molar refractivity (Wildman–Crippen MR) is 11.7 cm³/mol. The molecule has 0 unspecified atom stereocenters. The summed E-state index contributed by atoms with van der Waals surface area (Å²) >= 11 is -3.94. The van der Waals surface area contributed by atoms with E-state index < -0.39 is 15.7 Å². The molecule has 0 amide bonds. The molecule has 0 aromatic rings. The molecule has 6 heavy (non-hydrogen) atoms.